The van der Waals surface area contributed by atoms with Crippen molar-refractivity contribution >= 4 is 45.5 Å². The molecule has 0 bridgehead atoms. The lowest BCUT2D eigenvalue weighted by Gasteiger charge is -2.39. The van der Waals surface area contributed by atoms with Gasteiger partial charge in [0, 0.05) is 31.0 Å². The zero-order valence-electron chi connectivity index (χ0n) is 24.3. The maximum Gasteiger partial charge on any atom is 0.310 e. The van der Waals surface area contributed by atoms with Crippen LogP contribution in [-0.2, 0) is 20.8 Å². The van der Waals surface area contributed by atoms with Crippen molar-refractivity contribution in [3.05, 3.63) is 68.7 Å². The summed E-state index contributed by atoms with van der Waals surface area (Å²) in [5.74, 6) is -1.36. The van der Waals surface area contributed by atoms with Gasteiger partial charge in [0.1, 0.15) is 6.04 Å². The summed E-state index contributed by atoms with van der Waals surface area (Å²) in [6, 6.07) is 7.06. The molecule has 0 radical (unpaired) electrons. The molecule has 8 nitrogen and oxygen atoms in total. The summed E-state index contributed by atoms with van der Waals surface area (Å²) >= 11 is 4.80. The average Bonchev–Trinajstić information content (AvgIpc) is 2.96. The van der Waals surface area contributed by atoms with E-state index in [0.29, 0.717) is 30.0 Å². The van der Waals surface area contributed by atoms with Gasteiger partial charge in [-0.2, -0.15) is 0 Å². The number of rotatable bonds is 10. The van der Waals surface area contributed by atoms with Gasteiger partial charge in [-0.3, -0.25) is 14.4 Å². The van der Waals surface area contributed by atoms with E-state index >= 15 is 0 Å². The van der Waals surface area contributed by atoms with Gasteiger partial charge in [-0.15, -0.1) is 0 Å². The number of carbonyl (C=O) groups excluding carboxylic acids is 2. The third-order valence-electron chi connectivity index (χ3n) is 7.30. The standard InChI is InChI=1S/C29H33BrN4O4S.C2H6/c1-4-29(2,3)24-7-5-6-23(39-24)26(35)33-22(27(36)34-16-20(17-34)28(37)38)13-10-18-8-11-19(12-9-18)25-31-14-21(30)15-32-25;1-2/h6-9,11-12,14-15,20,22H,4-5,10,13,16-17H2,1-3H3,(H,33,35)(H,37,38);1-2H3. The first-order valence-electron chi connectivity index (χ1n) is 14.1. The first kappa shape index (κ1) is 32.5. The number of aryl methyl sites for hydroxylation is 1. The van der Waals surface area contributed by atoms with Crippen LogP contribution in [0.5, 0.6) is 0 Å². The maximum atomic E-state index is 13.3. The molecule has 2 N–H and O–H groups in total. The van der Waals surface area contributed by atoms with Crippen LogP contribution in [0.15, 0.2) is 63.1 Å². The number of allylic oxidation sites excluding steroid dienone is 3. The highest BCUT2D eigenvalue weighted by molar-refractivity contribution is 9.10. The lowest BCUT2D eigenvalue weighted by molar-refractivity contribution is -0.154. The first-order chi connectivity index (χ1) is 19.6. The van der Waals surface area contributed by atoms with Crippen molar-refractivity contribution in [3.63, 3.8) is 0 Å². The minimum absolute atomic E-state index is 0.0311. The summed E-state index contributed by atoms with van der Waals surface area (Å²) in [4.78, 5) is 49.8. The number of likely N-dealkylation sites (tertiary alicyclic amines) is 1. The summed E-state index contributed by atoms with van der Waals surface area (Å²) in [6.45, 7) is 10.8. The topological polar surface area (TPSA) is 112 Å². The van der Waals surface area contributed by atoms with Gasteiger partial charge in [-0.05, 0) is 57.5 Å². The lowest BCUT2D eigenvalue weighted by atomic mass is 9.89. The number of hydrogen-bond acceptors (Lipinski definition) is 6. The molecule has 2 aromatic rings. The van der Waals surface area contributed by atoms with Crippen LogP contribution in [0.25, 0.3) is 11.4 Å². The summed E-state index contributed by atoms with van der Waals surface area (Å²) in [5, 5.41) is 12.2. The van der Waals surface area contributed by atoms with Crippen LogP contribution >= 0.6 is 27.7 Å². The second kappa shape index (κ2) is 14.8. The Labute approximate surface area is 255 Å². The number of thioether (sulfide) groups is 1. The molecule has 1 aromatic carbocycles. The molecule has 2 aliphatic rings. The van der Waals surface area contributed by atoms with E-state index in [1.165, 1.54) is 16.7 Å². The van der Waals surface area contributed by atoms with Crippen LogP contribution in [0.1, 0.15) is 59.4 Å². The van der Waals surface area contributed by atoms with Crippen LogP contribution in [-0.4, -0.2) is 56.9 Å². The van der Waals surface area contributed by atoms with E-state index in [1.807, 2.05) is 44.2 Å². The molecule has 220 valence electrons. The fourth-order valence-electron chi connectivity index (χ4n) is 4.32. The van der Waals surface area contributed by atoms with Crippen LogP contribution in [0.4, 0.5) is 0 Å². The van der Waals surface area contributed by atoms with Crippen LogP contribution in [0, 0.1) is 11.3 Å². The van der Waals surface area contributed by atoms with Crippen LogP contribution in [0.2, 0.25) is 0 Å². The van der Waals surface area contributed by atoms with Crippen molar-refractivity contribution in [1.29, 1.82) is 0 Å². The molecule has 10 heteroatoms. The Kier molecular flexibility index (Phi) is 11.7. The fourth-order valence-corrected chi connectivity index (χ4v) is 5.69. The Hall–Kier alpha value is -2.98. The molecule has 1 fully saturated rings. The Balaban J connectivity index is 0.00000226. The van der Waals surface area contributed by atoms with E-state index in [2.05, 4.69) is 58.1 Å². The molecule has 0 aliphatic carbocycles. The normalized spacial score (nSPS) is 15.9. The number of nitrogens with one attached hydrogen (secondary N) is 1. The van der Waals surface area contributed by atoms with Gasteiger partial charge in [0.05, 0.1) is 15.3 Å². The maximum absolute atomic E-state index is 13.3. The van der Waals surface area contributed by atoms with Gasteiger partial charge in [0.15, 0.2) is 5.82 Å². The molecule has 1 aromatic heterocycles. The van der Waals surface area contributed by atoms with Gasteiger partial charge < -0.3 is 15.3 Å². The number of halogens is 1. The van der Waals surface area contributed by atoms with Crippen molar-refractivity contribution < 1.29 is 19.5 Å². The molecule has 3 heterocycles. The number of hydrogen-bond donors (Lipinski definition) is 2. The quantitative estimate of drug-likeness (QED) is 0.316. The largest absolute Gasteiger partial charge is 0.481 e. The minimum Gasteiger partial charge on any atom is -0.481 e. The monoisotopic (exact) mass is 642 g/mol. The number of carboxylic acid groups (broad SMARTS) is 1. The Morgan fingerprint density at radius 3 is 2.34 bits per heavy atom. The Morgan fingerprint density at radius 1 is 1.12 bits per heavy atom. The smallest absolute Gasteiger partial charge is 0.310 e. The van der Waals surface area contributed by atoms with Crippen molar-refractivity contribution in [1.82, 2.24) is 20.2 Å². The van der Waals surface area contributed by atoms with Gasteiger partial charge in [0.2, 0.25) is 5.91 Å². The van der Waals surface area contributed by atoms with Gasteiger partial charge in [0.25, 0.3) is 5.91 Å². The van der Waals surface area contributed by atoms with Gasteiger partial charge in [-0.25, -0.2) is 9.97 Å². The highest BCUT2D eigenvalue weighted by atomic mass is 79.9. The van der Waals surface area contributed by atoms with Crippen LogP contribution in [0.3, 0.4) is 0 Å². The van der Waals surface area contributed by atoms with Gasteiger partial charge >= 0.3 is 5.97 Å². The van der Waals surface area contributed by atoms with Crippen molar-refractivity contribution in [2.75, 3.05) is 13.1 Å². The number of carboxylic acids is 1. The molecule has 1 atom stereocenters. The zero-order chi connectivity index (χ0) is 30.2. The van der Waals surface area contributed by atoms with E-state index in [4.69, 9.17) is 0 Å². The molecular formula is C31H39BrN4O4S. The summed E-state index contributed by atoms with van der Waals surface area (Å²) in [6.07, 6.45) is 10.0. The third kappa shape index (κ3) is 8.52. The number of aliphatic carboxylic acids is 1. The number of aromatic nitrogens is 2. The van der Waals surface area contributed by atoms with E-state index in [1.54, 1.807) is 12.4 Å². The minimum atomic E-state index is -0.906. The third-order valence-corrected chi connectivity index (χ3v) is 9.22. The zero-order valence-corrected chi connectivity index (χ0v) is 26.7. The Morgan fingerprint density at radius 2 is 1.76 bits per heavy atom. The lowest BCUT2D eigenvalue weighted by Crippen LogP contribution is -2.58. The average molecular weight is 644 g/mol. The number of carbonyl (C=O) groups is 3. The number of amides is 2. The van der Waals surface area contributed by atoms with E-state index in [0.717, 1.165) is 26.9 Å². The van der Waals surface area contributed by atoms with Crippen LogP contribution < -0.4 is 5.32 Å². The molecule has 2 aliphatic heterocycles. The molecular weight excluding hydrogens is 604 g/mol. The summed E-state index contributed by atoms with van der Waals surface area (Å²) in [7, 11) is 0. The van der Waals surface area contributed by atoms with Crippen molar-refractivity contribution in [2.45, 2.75) is 66.3 Å². The number of benzene rings is 1. The number of nitrogens with zero attached hydrogens (tertiary/aromatic N) is 3. The fraction of sp³-hybridized carbons (Fsp3) is 0.452. The molecule has 0 spiro atoms. The summed E-state index contributed by atoms with van der Waals surface area (Å²) < 4.78 is 0.807. The Bertz CT molecular complexity index is 1290. The molecule has 2 amide bonds. The highest BCUT2D eigenvalue weighted by Crippen LogP contribution is 2.43. The first-order valence-corrected chi connectivity index (χ1v) is 15.7. The SMILES string of the molecule is CC.CCC(C)(C)C1=CCC=C(C(=O)NC(CCc2ccc(-c3ncc(Br)cn3)cc2)C(=O)N2CC(C(=O)O)C2)S1. The molecule has 1 saturated heterocycles. The van der Waals surface area contributed by atoms with E-state index in [-0.39, 0.29) is 30.3 Å². The molecule has 1 unspecified atom stereocenters. The second-order valence-corrected chi connectivity index (χ2v) is 12.5. The molecule has 41 heavy (non-hydrogen) atoms. The van der Waals surface area contributed by atoms with Crippen molar-refractivity contribution in [2.24, 2.45) is 11.3 Å². The summed E-state index contributed by atoms with van der Waals surface area (Å²) in [5.41, 5.74) is 1.86. The van der Waals surface area contributed by atoms with Crippen molar-refractivity contribution in [3.8, 4) is 11.4 Å². The molecule has 4 rings (SSSR count). The second-order valence-electron chi connectivity index (χ2n) is 10.5. The predicted octanol–water partition coefficient (Wildman–Crippen LogP) is 6.23. The van der Waals surface area contributed by atoms with E-state index < -0.39 is 17.9 Å². The molecule has 0 saturated carbocycles. The highest BCUT2D eigenvalue weighted by Gasteiger charge is 2.39. The van der Waals surface area contributed by atoms with E-state index in [9.17, 15) is 19.5 Å². The predicted molar refractivity (Wildman–Crippen MR) is 167 cm³/mol. The van der Waals surface area contributed by atoms with Gasteiger partial charge in [-0.1, -0.05) is 82.8 Å².